The first-order chi connectivity index (χ1) is 12.3. The first-order valence-corrected chi connectivity index (χ1v) is 9.66. The average molecular weight is 387 g/mol. The maximum Gasteiger partial charge on any atom is 0.345 e. The number of rotatable bonds is 5. The molecule has 0 unspecified atom stereocenters. The summed E-state index contributed by atoms with van der Waals surface area (Å²) in [5, 5.41) is 8.96. The number of nitrogens with two attached hydrogens (primary N) is 1. The minimum absolute atomic E-state index is 0.00653. The van der Waals surface area contributed by atoms with Gasteiger partial charge in [0.1, 0.15) is 21.1 Å². The number of sulfone groups is 1. The van der Waals surface area contributed by atoms with Gasteiger partial charge in [0.15, 0.2) is 0 Å². The third-order valence-corrected chi connectivity index (χ3v) is 6.60. The molecule has 0 fully saturated rings. The van der Waals surface area contributed by atoms with E-state index in [1.165, 1.54) is 12.1 Å². The minimum atomic E-state index is -3.98. The van der Waals surface area contributed by atoms with Crippen molar-refractivity contribution in [2.45, 2.75) is 9.79 Å². The number of carboxylic acids is 1. The first kappa shape index (κ1) is 17.8. The Morgan fingerprint density at radius 3 is 2.31 bits per heavy atom. The van der Waals surface area contributed by atoms with Crippen molar-refractivity contribution < 1.29 is 23.1 Å². The van der Waals surface area contributed by atoms with Crippen LogP contribution in [0.2, 0.25) is 0 Å². The number of carboxylic acid groups (broad SMARTS) is 1. The summed E-state index contributed by atoms with van der Waals surface area (Å²) in [4.78, 5) is 21.6. The highest BCUT2D eigenvalue weighted by molar-refractivity contribution is 7.91. The third-order valence-electron chi connectivity index (χ3n) is 3.73. The lowest BCUT2D eigenvalue weighted by molar-refractivity contribution is 0.0702. The Hall–Kier alpha value is -2.97. The van der Waals surface area contributed by atoms with Crippen molar-refractivity contribution in [1.29, 1.82) is 0 Å². The lowest BCUT2D eigenvalue weighted by Crippen LogP contribution is -2.03. The van der Waals surface area contributed by atoms with Crippen LogP contribution >= 0.6 is 11.3 Å². The molecule has 8 heteroatoms. The van der Waals surface area contributed by atoms with E-state index in [0.717, 1.165) is 6.07 Å². The molecule has 2 aromatic carbocycles. The van der Waals surface area contributed by atoms with Gasteiger partial charge in [0.2, 0.25) is 9.84 Å². The van der Waals surface area contributed by atoms with E-state index in [0.29, 0.717) is 34.3 Å². The number of benzene rings is 2. The Balaban J connectivity index is 2.09. The van der Waals surface area contributed by atoms with Crippen molar-refractivity contribution in [2.24, 2.45) is 0 Å². The summed E-state index contributed by atoms with van der Waals surface area (Å²) in [5.74, 6) is -1.23. The molecule has 132 valence electrons. The summed E-state index contributed by atoms with van der Waals surface area (Å²) in [6.07, 6.45) is 0.712. The van der Waals surface area contributed by atoms with Crippen LogP contribution in [0.25, 0.3) is 11.1 Å². The minimum Gasteiger partial charge on any atom is -0.477 e. The summed E-state index contributed by atoms with van der Waals surface area (Å²) >= 11 is 0.710. The third kappa shape index (κ3) is 3.24. The molecule has 3 rings (SSSR count). The SMILES string of the molecule is Nc1sc(C(=O)O)cc1S(=O)(=O)c1cccc(-c2cccc(C=O)c2)c1. The van der Waals surface area contributed by atoms with Crippen molar-refractivity contribution in [2.75, 3.05) is 5.73 Å². The van der Waals surface area contributed by atoms with Gasteiger partial charge in [-0.3, -0.25) is 4.79 Å². The Morgan fingerprint density at radius 1 is 1.04 bits per heavy atom. The van der Waals surface area contributed by atoms with Gasteiger partial charge >= 0.3 is 5.97 Å². The zero-order valence-electron chi connectivity index (χ0n) is 13.2. The number of nitrogen functional groups attached to an aromatic ring is 1. The molecule has 0 aliphatic heterocycles. The van der Waals surface area contributed by atoms with Gasteiger partial charge in [0.05, 0.1) is 4.90 Å². The number of hydrogen-bond acceptors (Lipinski definition) is 6. The fraction of sp³-hybridized carbons (Fsp3) is 0. The normalized spacial score (nSPS) is 11.2. The summed E-state index contributed by atoms with van der Waals surface area (Å²) < 4.78 is 25.7. The van der Waals surface area contributed by atoms with E-state index < -0.39 is 15.8 Å². The first-order valence-electron chi connectivity index (χ1n) is 7.36. The van der Waals surface area contributed by atoms with Gasteiger partial charge in [-0.25, -0.2) is 13.2 Å². The molecular weight excluding hydrogens is 374 g/mol. The molecule has 0 radical (unpaired) electrons. The fourth-order valence-corrected chi connectivity index (χ4v) is 4.99. The van der Waals surface area contributed by atoms with E-state index in [9.17, 15) is 18.0 Å². The predicted molar refractivity (Wildman–Crippen MR) is 98.4 cm³/mol. The lowest BCUT2D eigenvalue weighted by atomic mass is 10.0. The van der Waals surface area contributed by atoms with Crippen LogP contribution in [0.1, 0.15) is 20.0 Å². The van der Waals surface area contributed by atoms with E-state index in [-0.39, 0.29) is 19.7 Å². The molecule has 0 aliphatic rings. The summed E-state index contributed by atoms with van der Waals surface area (Å²) in [5.41, 5.74) is 7.51. The largest absolute Gasteiger partial charge is 0.477 e. The molecule has 0 bridgehead atoms. The van der Waals surface area contributed by atoms with Gasteiger partial charge in [-0.05, 0) is 35.4 Å². The van der Waals surface area contributed by atoms with Gasteiger partial charge in [0.25, 0.3) is 0 Å². The highest BCUT2D eigenvalue weighted by atomic mass is 32.2. The monoisotopic (exact) mass is 387 g/mol. The van der Waals surface area contributed by atoms with Crippen LogP contribution in [0.4, 0.5) is 5.00 Å². The zero-order chi connectivity index (χ0) is 18.9. The van der Waals surface area contributed by atoms with Gasteiger partial charge < -0.3 is 10.8 Å². The Morgan fingerprint density at radius 2 is 1.69 bits per heavy atom. The van der Waals surface area contributed by atoms with Crippen molar-refractivity contribution >= 4 is 38.4 Å². The summed E-state index contributed by atoms with van der Waals surface area (Å²) in [6, 6.07) is 14.0. The molecule has 0 aliphatic carbocycles. The van der Waals surface area contributed by atoms with Crippen molar-refractivity contribution in [3.05, 3.63) is 65.0 Å². The van der Waals surface area contributed by atoms with Gasteiger partial charge in [-0.2, -0.15) is 0 Å². The average Bonchev–Trinajstić information content (AvgIpc) is 3.05. The van der Waals surface area contributed by atoms with Crippen LogP contribution < -0.4 is 5.73 Å². The standard InChI is InChI=1S/C18H13NO5S2/c19-17-16(9-15(25-17)18(21)22)26(23,24)14-6-2-5-13(8-14)12-4-1-3-11(7-12)10-20/h1-10H,19H2,(H,21,22). The van der Waals surface area contributed by atoms with Crippen LogP contribution in [0.5, 0.6) is 0 Å². The summed E-state index contributed by atoms with van der Waals surface area (Å²) in [6.45, 7) is 0. The van der Waals surface area contributed by atoms with Crippen LogP contribution in [0.3, 0.4) is 0 Å². The lowest BCUT2D eigenvalue weighted by Gasteiger charge is -2.07. The molecule has 1 heterocycles. The maximum absolute atomic E-state index is 12.9. The van der Waals surface area contributed by atoms with Crippen molar-refractivity contribution in [3.8, 4) is 11.1 Å². The second kappa shape index (κ2) is 6.74. The fourth-order valence-electron chi connectivity index (χ4n) is 2.47. The van der Waals surface area contributed by atoms with Crippen molar-refractivity contribution in [3.63, 3.8) is 0 Å². The number of thiophene rings is 1. The molecule has 3 aromatic rings. The Labute approximate surface area is 153 Å². The second-order valence-corrected chi connectivity index (χ2v) is 8.42. The molecule has 26 heavy (non-hydrogen) atoms. The van der Waals surface area contributed by atoms with Gasteiger partial charge in [0, 0.05) is 5.56 Å². The van der Waals surface area contributed by atoms with E-state index in [1.807, 2.05) is 0 Å². The Kier molecular flexibility index (Phi) is 4.62. The zero-order valence-corrected chi connectivity index (χ0v) is 14.9. The topological polar surface area (TPSA) is 115 Å². The number of carbonyl (C=O) groups is 2. The van der Waals surface area contributed by atoms with Crippen LogP contribution in [0.15, 0.2) is 64.4 Å². The smallest absolute Gasteiger partial charge is 0.345 e. The van der Waals surface area contributed by atoms with Crippen molar-refractivity contribution in [1.82, 2.24) is 0 Å². The van der Waals surface area contributed by atoms with E-state index >= 15 is 0 Å². The van der Waals surface area contributed by atoms with Gasteiger partial charge in [-0.15, -0.1) is 11.3 Å². The quantitative estimate of drug-likeness (QED) is 0.649. The molecule has 0 saturated carbocycles. The van der Waals surface area contributed by atoms with E-state index in [4.69, 9.17) is 10.8 Å². The number of carbonyl (C=O) groups excluding carboxylic acids is 1. The van der Waals surface area contributed by atoms with Crippen LogP contribution in [-0.4, -0.2) is 25.8 Å². The number of aldehydes is 1. The van der Waals surface area contributed by atoms with Crippen LogP contribution in [-0.2, 0) is 9.84 Å². The van der Waals surface area contributed by atoms with Gasteiger partial charge in [-0.1, -0.05) is 30.3 Å². The molecule has 1 aromatic heterocycles. The molecular formula is C18H13NO5S2. The molecule has 3 N–H and O–H groups in total. The second-order valence-electron chi connectivity index (χ2n) is 5.42. The van der Waals surface area contributed by atoms with E-state index in [1.54, 1.807) is 36.4 Å². The number of hydrogen-bond donors (Lipinski definition) is 2. The highest BCUT2D eigenvalue weighted by Gasteiger charge is 2.25. The molecule has 0 saturated heterocycles. The highest BCUT2D eigenvalue weighted by Crippen LogP contribution is 2.34. The number of aromatic carboxylic acids is 1. The number of anilines is 1. The maximum atomic E-state index is 12.9. The predicted octanol–water partition coefficient (Wildman–Crippen LogP) is 3.34. The summed E-state index contributed by atoms with van der Waals surface area (Å²) in [7, 11) is -3.98. The molecule has 6 nitrogen and oxygen atoms in total. The molecule has 0 atom stereocenters. The molecule has 0 amide bonds. The molecule has 0 spiro atoms. The Bertz CT molecular complexity index is 1120. The van der Waals surface area contributed by atoms with E-state index in [2.05, 4.69) is 0 Å². The van der Waals surface area contributed by atoms with Crippen LogP contribution in [0, 0.1) is 0 Å².